The quantitative estimate of drug-likeness (QED) is 0.0883. The predicted molar refractivity (Wildman–Crippen MR) is 186 cm³/mol. The SMILES string of the molecule is CC(=O)CC(C)=O.O.O.O.O=C(O)c1cc(O)cc(O)c1.O=C(O)c1cc(O)cc(O)c1.O=C(O)c1cc(O)cc(O)c1.O=C(O)c1cc([O-])cc(O)c1.[OH3+]. The molecule has 0 spiro atoms. The summed E-state index contributed by atoms with van der Waals surface area (Å²) in [4.78, 5) is 61.2. The van der Waals surface area contributed by atoms with E-state index in [1.54, 1.807) is 0 Å². The lowest BCUT2D eigenvalue weighted by Gasteiger charge is -2.05. The minimum Gasteiger partial charge on any atom is -0.872 e. The average molecular weight is 789 g/mol. The summed E-state index contributed by atoms with van der Waals surface area (Å²) < 4.78 is 0. The molecule has 55 heavy (non-hydrogen) atoms. The number of carbonyl (C=O) groups excluding carboxylic acids is 2. The minimum atomic E-state index is -1.22. The number of rotatable bonds is 6. The summed E-state index contributed by atoms with van der Waals surface area (Å²) in [6.45, 7) is 2.81. The minimum absolute atomic E-state index is 0. The largest absolute Gasteiger partial charge is 0.872 e. The number of aromatic carboxylic acids is 4. The number of benzene rings is 4. The van der Waals surface area contributed by atoms with Crippen LogP contribution in [0.1, 0.15) is 61.7 Å². The van der Waals surface area contributed by atoms with Gasteiger partial charge < -0.3 is 83.2 Å². The molecule has 0 saturated carbocycles. The van der Waals surface area contributed by atoms with Crippen molar-refractivity contribution in [2.45, 2.75) is 20.3 Å². The Bertz CT molecular complexity index is 1550. The molecule has 0 bridgehead atoms. The molecule has 4 aromatic carbocycles. The van der Waals surface area contributed by atoms with Gasteiger partial charge in [-0.3, -0.25) is 9.59 Å². The third kappa shape index (κ3) is 25.0. The van der Waals surface area contributed by atoms with Crippen LogP contribution in [0.15, 0.2) is 72.8 Å². The van der Waals surface area contributed by atoms with Crippen molar-refractivity contribution in [2.75, 3.05) is 0 Å². The van der Waals surface area contributed by atoms with Crippen molar-refractivity contribution in [3.8, 4) is 46.0 Å². The van der Waals surface area contributed by atoms with E-state index in [2.05, 4.69) is 0 Å². The van der Waals surface area contributed by atoms with Gasteiger partial charge >= 0.3 is 23.9 Å². The van der Waals surface area contributed by atoms with Crippen molar-refractivity contribution in [1.82, 2.24) is 0 Å². The van der Waals surface area contributed by atoms with Crippen LogP contribution in [-0.4, -0.2) is 108 Å². The molecule has 0 heterocycles. The molecule has 0 atom stereocenters. The standard InChI is InChI=1S/4C7H6O4.C5H8O2.4H2O/c4*8-5-1-4(7(10)11)2-6(9)3-5;1-4(6)3-5(2)7;;;;/h4*1-3,8-9H,(H,10,11);3H2,1-2H3;4*1H2. The normalized spacial score (nSPS) is 8.62. The van der Waals surface area contributed by atoms with Gasteiger partial charge in [0.1, 0.15) is 51.8 Å². The van der Waals surface area contributed by atoms with Gasteiger partial charge in [-0.2, -0.15) is 0 Å². The lowest BCUT2D eigenvalue weighted by Crippen LogP contribution is -1.98. The van der Waals surface area contributed by atoms with Crippen LogP contribution in [0, 0.1) is 0 Å². The Morgan fingerprint density at radius 2 is 0.582 bits per heavy atom. The first-order chi connectivity index (χ1) is 23.5. The second-order valence-electron chi connectivity index (χ2n) is 9.73. The molecule has 22 nitrogen and oxygen atoms in total. The smallest absolute Gasteiger partial charge is 0.335 e. The van der Waals surface area contributed by atoms with Gasteiger partial charge in [0.05, 0.1) is 28.7 Å². The van der Waals surface area contributed by atoms with Crippen LogP contribution in [0.25, 0.3) is 0 Å². The lowest BCUT2D eigenvalue weighted by atomic mass is 10.2. The van der Waals surface area contributed by atoms with E-state index < -0.39 is 29.6 Å². The van der Waals surface area contributed by atoms with Gasteiger partial charge in [0.15, 0.2) is 0 Å². The van der Waals surface area contributed by atoms with Crippen LogP contribution < -0.4 is 5.11 Å². The van der Waals surface area contributed by atoms with Gasteiger partial charge in [0.2, 0.25) is 0 Å². The molecule has 0 aliphatic heterocycles. The van der Waals surface area contributed by atoms with Gasteiger partial charge in [0, 0.05) is 18.2 Å². The van der Waals surface area contributed by atoms with Crippen LogP contribution in [-0.2, 0) is 15.1 Å². The summed E-state index contributed by atoms with van der Waals surface area (Å²) in [6.07, 6.45) is 0.0833. The van der Waals surface area contributed by atoms with E-state index in [-0.39, 0.29) is 102 Å². The zero-order chi connectivity index (χ0) is 39.6. The number of hydrogen-bond acceptors (Lipinski definition) is 14. The monoisotopic (exact) mass is 788 g/mol. The van der Waals surface area contributed by atoms with Crippen molar-refractivity contribution < 1.29 is 112 Å². The van der Waals surface area contributed by atoms with Crippen molar-refractivity contribution in [2.24, 2.45) is 0 Å². The van der Waals surface area contributed by atoms with Crippen LogP contribution in [0.2, 0.25) is 0 Å². The zero-order valence-electron chi connectivity index (χ0n) is 28.5. The third-order valence-corrected chi connectivity index (χ3v) is 5.08. The molecular formula is C33H40O22. The van der Waals surface area contributed by atoms with E-state index in [9.17, 15) is 33.9 Å². The Morgan fingerprint density at radius 3 is 0.727 bits per heavy atom. The molecule has 4 aromatic rings. The first-order valence-corrected chi connectivity index (χ1v) is 13.5. The topological polar surface area (TPSA) is 476 Å². The van der Waals surface area contributed by atoms with E-state index in [1.807, 2.05) is 0 Å². The molecule has 0 radical (unpaired) electrons. The van der Waals surface area contributed by atoms with Gasteiger partial charge in [0.25, 0.3) is 0 Å². The van der Waals surface area contributed by atoms with Gasteiger partial charge in [-0.1, -0.05) is 6.07 Å². The molecule has 0 aliphatic rings. The molecule has 0 fully saturated rings. The Morgan fingerprint density at radius 1 is 0.400 bits per heavy atom. The number of phenols is 7. The van der Waals surface area contributed by atoms with Gasteiger partial charge in [-0.25, -0.2) is 19.2 Å². The van der Waals surface area contributed by atoms with Gasteiger partial charge in [-0.15, -0.1) is 5.75 Å². The molecule has 0 saturated heterocycles. The highest BCUT2D eigenvalue weighted by Crippen LogP contribution is 2.22. The molecular weight excluding hydrogens is 748 g/mol. The van der Waals surface area contributed by atoms with E-state index in [1.165, 1.54) is 13.8 Å². The highest BCUT2D eigenvalue weighted by molar-refractivity contribution is 5.96. The number of aromatic hydroxyl groups is 7. The number of ketones is 2. The Kier molecular flexibility index (Phi) is 27.9. The number of phenolic OH excluding ortho intramolecular Hbond substituents is 7. The first-order valence-electron chi connectivity index (χ1n) is 13.5. The van der Waals surface area contributed by atoms with Crippen molar-refractivity contribution in [3.05, 3.63) is 95.1 Å². The summed E-state index contributed by atoms with van der Waals surface area (Å²) >= 11 is 0. The fraction of sp³-hybridized carbons (Fsp3) is 0.0909. The van der Waals surface area contributed by atoms with Crippen molar-refractivity contribution >= 4 is 35.4 Å². The molecule has 4 rings (SSSR count). The van der Waals surface area contributed by atoms with Gasteiger partial charge in [-0.05, 0) is 62.4 Å². The van der Waals surface area contributed by atoms with Crippen LogP contribution in [0.4, 0.5) is 0 Å². The third-order valence-electron chi connectivity index (χ3n) is 5.08. The first kappa shape index (κ1) is 56.7. The molecule has 22 heteroatoms. The number of carboxylic acid groups (broad SMARTS) is 4. The lowest BCUT2D eigenvalue weighted by molar-refractivity contribution is -0.268. The molecule has 0 amide bonds. The van der Waals surface area contributed by atoms with Crippen molar-refractivity contribution in [1.29, 1.82) is 0 Å². The fourth-order valence-corrected chi connectivity index (χ4v) is 3.21. The maximum atomic E-state index is 10.6. The predicted octanol–water partition coefficient (Wildman–Crippen LogP) is -0.290. The maximum absolute atomic E-state index is 10.6. The number of hydrogen-bond donors (Lipinski definition) is 11. The van der Waals surface area contributed by atoms with Crippen LogP contribution in [0.3, 0.4) is 0 Å². The Labute approximate surface area is 308 Å². The summed E-state index contributed by atoms with van der Waals surface area (Å²) in [7, 11) is 0. The second-order valence-corrected chi connectivity index (χ2v) is 9.73. The zero-order valence-corrected chi connectivity index (χ0v) is 28.5. The molecule has 20 N–H and O–H groups in total. The maximum Gasteiger partial charge on any atom is 0.335 e. The van der Waals surface area contributed by atoms with Crippen LogP contribution in [0.5, 0.6) is 46.0 Å². The van der Waals surface area contributed by atoms with E-state index in [4.69, 9.17) is 56.2 Å². The van der Waals surface area contributed by atoms with E-state index in [0.29, 0.717) is 0 Å². The number of carbonyl (C=O) groups is 6. The Hall–Kier alpha value is -7.66. The second kappa shape index (κ2) is 27.1. The highest BCUT2D eigenvalue weighted by Gasteiger charge is 2.07. The van der Waals surface area contributed by atoms with Crippen molar-refractivity contribution in [3.63, 3.8) is 0 Å². The average Bonchev–Trinajstić information content (AvgIpc) is 2.96. The highest BCUT2D eigenvalue weighted by atomic mass is 16.4. The fourth-order valence-electron chi connectivity index (χ4n) is 3.21. The summed E-state index contributed by atoms with van der Waals surface area (Å²) in [5.74, 6) is -7.31. The number of carboxylic acids is 4. The molecule has 0 aliphatic carbocycles. The summed E-state index contributed by atoms with van der Waals surface area (Å²) in [6, 6.07) is 12.4. The van der Waals surface area contributed by atoms with E-state index in [0.717, 1.165) is 72.8 Å². The molecule has 0 unspecified atom stereocenters. The molecule has 0 aromatic heterocycles. The van der Waals surface area contributed by atoms with Crippen LogP contribution >= 0.6 is 0 Å². The summed E-state index contributed by atoms with van der Waals surface area (Å²) in [5, 5.41) is 106. The number of Topliss-reactive ketones (excluding diaryl/α,β-unsaturated/α-hetero) is 2. The Balaban J connectivity index is -0.000000187. The summed E-state index contributed by atoms with van der Waals surface area (Å²) in [5.41, 5.74) is -0.609. The molecule has 304 valence electrons. The van der Waals surface area contributed by atoms with E-state index >= 15 is 0 Å².